The molecular formula is C20H24N4OS. The van der Waals surface area contributed by atoms with Crippen molar-refractivity contribution in [2.45, 2.75) is 44.6 Å². The minimum Gasteiger partial charge on any atom is -0.353 e. The number of carbonyl (C=O) groups excluding carboxylic acids is 1. The molecule has 1 aliphatic carbocycles. The van der Waals surface area contributed by atoms with Crippen molar-refractivity contribution >= 4 is 23.1 Å². The molecule has 6 rings (SSSR count). The lowest BCUT2D eigenvalue weighted by atomic mass is 9.92. The summed E-state index contributed by atoms with van der Waals surface area (Å²) < 4.78 is 0. The van der Waals surface area contributed by atoms with Gasteiger partial charge in [0.2, 0.25) is 0 Å². The summed E-state index contributed by atoms with van der Waals surface area (Å²) in [6, 6.07) is 0.282. The highest BCUT2D eigenvalue weighted by molar-refractivity contribution is 7.12. The van der Waals surface area contributed by atoms with Gasteiger partial charge >= 0.3 is 0 Å². The van der Waals surface area contributed by atoms with Gasteiger partial charge in [-0.2, -0.15) is 0 Å². The van der Waals surface area contributed by atoms with Crippen molar-refractivity contribution in [3.05, 3.63) is 40.0 Å². The van der Waals surface area contributed by atoms with Gasteiger partial charge in [0.05, 0.1) is 11.1 Å². The van der Waals surface area contributed by atoms with Crippen LogP contribution in [0.3, 0.4) is 0 Å². The number of rotatable bonds is 2. The second-order valence-corrected chi connectivity index (χ2v) is 8.68. The molecule has 2 aromatic rings. The highest BCUT2D eigenvalue weighted by Crippen LogP contribution is 2.35. The Morgan fingerprint density at radius 2 is 2.04 bits per heavy atom. The lowest BCUT2D eigenvalue weighted by molar-refractivity contribution is 0.0596. The predicted octanol–water partition coefficient (Wildman–Crippen LogP) is 3.16. The molecular weight excluding hydrogens is 344 g/mol. The molecule has 0 saturated carbocycles. The zero-order valence-electron chi connectivity index (χ0n) is 14.9. The van der Waals surface area contributed by atoms with Crippen LogP contribution in [0.4, 0.5) is 5.82 Å². The van der Waals surface area contributed by atoms with E-state index in [0.717, 1.165) is 49.6 Å². The predicted molar refractivity (Wildman–Crippen MR) is 103 cm³/mol. The molecule has 4 aliphatic rings. The van der Waals surface area contributed by atoms with Crippen molar-refractivity contribution < 1.29 is 4.79 Å². The van der Waals surface area contributed by atoms with E-state index in [2.05, 4.69) is 25.1 Å². The van der Waals surface area contributed by atoms with Crippen LogP contribution in [-0.4, -0.2) is 46.5 Å². The van der Waals surface area contributed by atoms with Crippen LogP contribution in [-0.2, 0) is 12.8 Å². The molecule has 0 aromatic carbocycles. The average Bonchev–Trinajstić information content (AvgIpc) is 2.90. The number of anilines is 1. The standard InChI is InChI=1S/C20H24N4OS/c25-20(19-17-4-2-1-3-15(17)13-26-19)24-11-14-5-6-16(24)12-23(10-14)18-9-21-7-8-22-18/h7-9,13-14,16H,1-6,10-12H2/t14-,16+/m0/s1. The second-order valence-electron chi connectivity index (χ2n) is 7.80. The molecule has 0 N–H and O–H groups in total. The van der Waals surface area contributed by atoms with Gasteiger partial charge in [-0.1, -0.05) is 0 Å². The number of aromatic nitrogens is 2. The van der Waals surface area contributed by atoms with Crippen molar-refractivity contribution in [3.8, 4) is 0 Å². The molecule has 5 heterocycles. The second kappa shape index (κ2) is 6.65. The van der Waals surface area contributed by atoms with Crippen LogP contribution >= 0.6 is 11.3 Å². The quantitative estimate of drug-likeness (QED) is 0.817. The van der Waals surface area contributed by atoms with Crippen molar-refractivity contribution in [3.63, 3.8) is 0 Å². The molecule has 0 spiro atoms. The van der Waals surface area contributed by atoms with Gasteiger partial charge in [0.1, 0.15) is 5.82 Å². The molecule has 6 heteroatoms. The number of hydrogen-bond donors (Lipinski definition) is 0. The summed E-state index contributed by atoms with van der Waals surface area (Å²) in [5.41, 5.74) is 2.77. The third-order valence-corrected chi connectivity index (χ3v) is 7.20. The highest BCUT2D eigenvalue weighted by atomic mass is 32.1. The minimum absolute atomic E-state index is 0.272. The normalized spacial score (nSPS) is 25.1. The SMILES string of the molecule is O=C(c1scc2c1CCCC2)N1C[C@H]2CC[C@@H]1CN(c1cnccn1)C2. The first-order valence-electron chi connectivity index (χ1n) is 9.71. The van der Waals surface area contributed by atoms with Gasteiger partial charge in [0.25, 0.3) is 5.91 Å². The van der Waals surface area contributed by atoms with E-state index < -0.39 is 0 Å². The first-order chi connectivity index (χ1) is 12.8. The zero-order valence-corrected chi connectivity index (χ0v) is 15.7. The molecule has 3 saturated heterocycles. The monoisotopic (exact) mass is 368 g/mol. The van der Waals surface area contributed by atoms with Crippen LogP contribution in [0.2, 0.25) is 0 Å². The molecule has 2 bridgehead atoms. The average molecular weight is 369 g/mol. The first kappa shape index (κ1) is 16.2. The zero-order chi connectivity index (χ0) is 17.5. The molecule has 2 atom stereocenters. The summed E-state index contributed by atoms with van der Waals surface area (Å²) >= 11 is 1.67. The molecule has 3 fully saturated rings. The van der Waals surface area contributed by atoms with Gasteiger partial charge in [-0.05, 0) is 60.9 Å². The molecule has 5 nitrogen and oxygen atoms in total. The molecule has 3 aliphatic heterocycles. The van der Waals surface area contributed by atoms with E-state index in [1.807, 2.05) is 6.20 Å². The highest BCUT2D eigenvalue weighted by Gasteiger charge is 2.39. The number of thiophene rings is 1. The Labute approximate surface area is 158 Å². The first-order valence-corrected chi connectivity index (χ1v) is 10.6. The van der Waals surface area contributed by atoms with E-state index in [9.17, 15) is 4.79 Å². The summed E-state index contributed by atoms with van der Waals surface area (Å²) in [5, 5.41) is 2.23. The fourth-order valence-corrected chi connectivity index (χ4v) is 5.92. The summed E-state index contributed by atoms with van der Waals surface area (Å²) in [6.45, 7) is 2.73. The topological polar surface area (TPSA) is 49.3 Å². The number of carbonyl (C=O) groups is 1. The lowest BCUT2D eigenvalue weighted by Crippen LogP contribution is -2.47. The molecule has 26 heavy (non-hydrogen) atoms. The largest absolute Gasteiger partial charge is 0.353 e. The van der Waals surface area contributed by atoms with E-state index in [1.165, 1.54) is 30.4 Å². The molecule has 2 aromatic heterocycles. The Bertz CT molecular complexity index is 805. The summed E-state index contributed by atoms with van der Waals surface area (Å²) in [6.07, 6.45) is 12.3. The van der Waals surface area contributed by atoms with Gasteiger partial charge in [-0.3, -0.25) is 9.78 Å². The fraction of sp³-hybridized carbons (Fsp3) is 0.550. The van der Waals surface area contributed by atoms with Crippen molar-refractivity contribution in [1.29, 1.82) is 0 Å². The summed E-state index contributed by atoms with van der Waals surface area (Å²) in [5.74, 6) is 1.73. The third kappa shape index (κ3) is 2.80. The Kier molecular flexibility index (Phi) is 4.15. The van der Waals surface area contributed by atoms with E-state index in [1.54, 1.807) is 23.7 Å². The number of amides is 1. The Balaban J connectivity index is 1.41. The maximum absolute atomic E-state index is 13.4. The molecule has 0 unspecified atom stereocenters. The molecule has 136 valence electrons. The number of nitrogens with zero attached hydrogens (tertiary/aromatic N) is 4. The van der Waals surface area contributed by atoms with Gasteiger partial charge in [-0.25, -0.2) is 4.98 Å². The van der Waals surface area contributed by atoms with Crippen LogP contribution in [0, 0.1) is 5.92 Å². The Morgan fingerprint density at radius 3 is 2.92 bits per heavy atom. The van der Waals surface area contributed by atoms with Crippen LogP contribution < -0.4 is 4.90 Å². The van der Waals surface area contributed by atoms with E-state index in [4.69, 9.17) is 0 Å². The number of fused-ring (bicyclic) bond motifs is 5. The van der Waals surface area contributed by atoms with Crippen molar-refractivity contribution in [1.82, 2.24) is 14.9 Å². The maximum Gasteiger partial charge on any atom is 0.264 e. The van der Waals surface area contributed by atoms with Crippen LogP contribution in [0.15, 0.2) is 24.0 Å². The van der Waals surface area contributed by atoms with E-state index >= 15 is 0 Å². The third-order valence-electron chi connectivity index (χ3n) is 6.15. The number of aryl methyl sites for hydroxylation is 1. The molecule has 0 radical (unpaired) electrons. The van der Waals surface area contributed by atoms with Gasteiger partial charge < -0.3 is 9.80 Å². The summed E-state index contributed by atoms with van der Waals surface area (Å²) in [7, 11) is 0. The van der Waals surface area contributed by atoms with Crippen LogP contribution in [0.25, 0.3) is 0 Å². The van der Waals surface area contributed by atoms with Gasteiger partial charge in [-0.15, -0.1) is 11.3 Å². The smallest absolute Gasteiger partial charge is 0.264 e. The van der Waals surface area contributed by atoms with Gasteiger partial charge in [0.15, 0.2) is 0 Å². The van der Waals surface area contributed by atoms with E-state index in [-0.39, 0.29) is 11.9 Å². The van der Waals surface area contributed by atoms with Crippen molar-refractivity contribution in [2.24, 2.45) is 5.92 Å². The minimum atomic E-state index is 0.272. The maximum atomic E-state index is 13.4. The number of piperidine rings is 1. The van der Waals surface area contributed by atoms with Gasteiger partial charge in [0, 0.05) is 38.1 Å². The Hall–Kier alpha value is -1.95. The summed E-state index contributed by atoms with van der Waals surface area (Å²) in [4.78, 5) is 27.6. The van der Waals surface area contributed by atoms with Crippen LogP contribution in [0.1, 0.15) is 46.5 Å². The lowest BCUT2D eigenvalue weighted by Gasteiger charge is -2.36. The molecule has 1 amide bonds. The van der Waals surface area contributed by atoms with Crippen molar-refractivity contribution in [2.75, 3.05) is 24.5 Å². The van der Waals surface area contributed by atoms with Crippen LogP contribution in [0.5, 0.6) is 0 Å². The van der Waals surface area contributed by atoms with E-state index in [0.29, 0.717) is 5.92 Å². The Morgan fingerprint density at radius 1 is 1.12 bits per heavy atom. The fourth-order valence-electron chi connectivity index (χ4n) is 4.80. The number of hydrogen-bond acceptors (Lipinski definition) is 5.